The third kappa shape index (κ3) is 3.74. The lowest BCUT2D eigenvalue weighted by atomic mass is 9.92. The summed E-state index contributed by atoms with van der Waals surface area (Å²) in [6.07, 6.45) is 2.59. The van der Waals surface area contributed by atoms with Gasteiger partial charge in [-0.25, -0.2) is 0 Å². The van der Waals surface area contributed by atoms with Crippen molar-refractivity contribution in [2.45, 2.75) is 32.6 Å². The van der Waals surface area contributed by atoms with Crippen molar-refractivity contribution in [3.8, 4) is 5.75 Å². The van der Waals surface area contributed by atoms with E-state index in [9.17, 15) is 0 Å². The first-order valence-corrected chi connectivity index (χ1v) is 6.69. The van der Waals surface area contributed by atoms with Crippen molar-refractivity contribution in [2.75, 3.05) is 19.7 Å². The predicted octanol–water partition coefficient (Wildman–Crippen LogP) is 3.19. The van der Waals surface area contributed by atoms with Gasteiger partial charge in [-0.2, -0.15) is 0 Å². The van der Waals surface area contributed by atoms with E-state index < -0.39 is 0 Å². The fourth-order valence-electron chi connectivity index (χ4n) is 2.24. The van der Waals surface area contributed by atoms with Crippen molar-refractivity contribution in [1.82, 2.24) is 5.32 Å². The lowest BCUT2D eigenvalue weighted by Crippen LogP contribution is -2.28. The van der Waals surface area contributed by atoms with Gasteiger partial charge in [0, 0.05) is 6.54 Å². The largest absolute Gasteiger partial charge is 0.493 e. The van der Waals surface area contributed by atoms with Gasteiger partial charge in [-0.3, -0.25) is 0 Å². The van der Waals surface area contributed by atoms with Crippen molar-refractivity contribution in [3.63, 3.8) is 0 Å². The molecule has 94 valence electrons. The molecule has 0 bridgehead atoms. The van der Waals surface area contributed by atoms with Gasteiger partial charge in [-0.15, -0.1) is 0 Å². The third-order valence-electron chi connectivity index (χ3n) is 3.23. The highest BCUT2D eigenvalue weighted by atomic mass is 16.5. The summed E-state index contributed by atoms with van der Waals surface area (Å²) in [6, 6.07) is 8.64. The Morgan fingerprint density at radius 2 is 2.06 bits per heavy atom. The zero-order chi connectivity index (χ0) is 12.1. The van der Waals surface area contributed by atoms with Crippen LogP contribution in [0.5, 0.6) is 5.75 Å². The van der Waals surface area contributed by atoms with E-state index in [1.807, 2.05) is 0 Å². The standard InChI is InChI=1S/C15H23NO/c1-12(2)11-17-15-7-5-13(6-8-15)14-4-3-9-16-10-14/h5-8,12,14,16H,3-4,9-11H2,1-2H3. The summed E-state index contributed by atoms with van der Waals surface area (Å²) in [5, 5.41) is 3.46. The van der Waals surface area contributed by atoms with E-state index in [1.54, 1.807) is 0 Å². The Morgan fingerprint density at radius 1 is 1.29 bits per heavy atom. The van der Waals surface area contributed by atoms with E-state index in [1.165, 1.54) is 24.9 Å². The fraction of sp³-hybridized carbons (Fsp3) is 0.600. The Morgan fingerprint density at radius 3 is 2.65 bits per heavy atom. The maximum atomic E-state index is 5.69. The smallest absolute Gasteiger partial charge is 0.119 e. The summed E-state index contributed by atoms with van der Waals surface area (Å²) in [7, 11) is 0. The van der Waals surface area contributed by atoms with Crippen LogP contribution in [0, 0.1) is 5.92 Å². The Kier molecular flexibility index (Phi) is 4.43. The molecule has 2 heteroatoms. The molecule has 0 aliphatic carbocycles. The molecule has 0 radical (unpaired) electrons. The summed E-state index contributed by atoms with van der Waals surface area (Å²) >= 11 is 0. The normalized spacial score (nSPS) is 20.5. The number of nitrogens with one attached hydrogen (secondary N) is 1. The molecule has 1 aliphatic heterocycles. The fourth-order valence-corrected chi connectivity index (χ4v) is 2.24. The highest BCUT2D eigenvalue weighted by Gasteiger charge is 2.14. The molecular formula is C15H23NO. The van der Waals surface area contributed by atoms with Gasteiger partial charge >= 0.3 is 0 Å². The summed E-state index contributed by atoms with van der Waals surface area (Å²) in [5.74, 6) is 2.26. The van der Waals surface area contributed by atoms with Crippen LogP contribution in [0.1, 0.15) is 38.2 Å². The van der Waals surface area contributed by atoms with Gasteiger partial charge in [0.1, 0.15) is 5.75 Å². The van der Waals surface area contributed by atoms with Gasteiger partial charge in [0.05, 0.1) is 6.61 Å². The topological polar surface area (TPSA) is 21.3 Å². The Hall–Kier alpha value is -1.02. The van der Waals surface area contributed by atoms with Gasteiger partial charge in [0.25, 0.3) is 0 Å². The van der Waals surface area contributed by atoms with E-state index >= 15 is 0 Å². The van der Waals surface area contributed by atoms with Crippen LogP contribution in [0.3, 0.4) is 0 Å². The lowest BCUT2D eigenvalue weighted by Gasteiger charge is -2.23. The van der Waals surface area contributed by atoms with Crippen LogP contribution in [-0.4, -0.2) is 19.7 Å². The van der Waals surface area contributed by atoms with Gasteiger partial charge in [0.15, 0.2) is 0 Å². The second kappa shape index (κ2) is 6.06. The van der Waals surface area contributed by atoms with Crippen molar-refractivity contribution in [3.05, 3.63) is 29.8 Å². The molecule has 1 fully saturated rings. The van der Waals surface area contributed by atoms with Crippen LogP contribution in [0.15, 0.2) is 24.3 Å². The molecule has 1 heterocycles. The number of rotatable bonds is 4. The van der Waals surface area contributed by atoms with Gasteiger partial charge in [-0.1, -0.05) is 26.0 Å². The molecular weight excluding hydrogens is 210 g/mol. The quantitative estimate of drug-likeness (QED) is 0.862. The monoisotopic (exact) mass is 233 g/mol. The molecule has 0 saturated carbocycles. The van der Waals surface area contributed by atoms with E-state index in [-0.39, 0.29) is 0 Å². The molecule has 17 heavy (non-hydrogen) atoms. The first-order valence-electron chi connectivity index (χ1n) is 6.69. The first-order chi connectivity index (χ1) is 8.25. The summed E-state index contributed by atoms with van der Waals surface area (Å²) in [4.78, 5) is 0. The van der Waals surface area contributed by atoms with Crippen LogP contribution in [-0.2, 0) is 0 Å². The van der Waals surface area contributed by atoms with Crippen molar-refractivity contribution in [2.24, 2.45) is 5.92 Å². The molecule has 1 atom stereocenters. The Bertz CT molecular complexity index is 325. The number of ether oxygens (including phenoxy) is 1. The SMILES string of the molecule is CC(C)COc1ccc(C2CCCNC2)cc1. The maximum Gasteiger partial charge on any atom is 0.119 e. The van der Waals surface area contributed by atoms with E-state index in [0.29, 0.717) is 11.8 Å². The molecule has 0 amide bonds. The minimum Gasteiger partial charge on any atom is -0.493 e. The highest BCUT2D eigenvalue weighted by molar-refractivity contribution is 5.29. The maximum absolute atomic E-state index is 5.69. The number of hydrogen-bond donors (Lipinski definition) is 1. The second-order valence-electron chi connectivity index (χ2n) is 5.32. The molecule has 1 aromatic rings. The van der Waals surface area contributed by atoms with Crippen molar-refractivity contribution in [1.29, 1.82) is 0 Å². The molecule has 1 aliphatic rings. The summed E-state index contributed by atoms with van der Waals surface area (Å²) in [6.45, 7) is 7.42. The molecule has 1 N–H and O–H groups in total. The lowest BCUT2D eigenvalue weighted by molar-refractivity contribution is 0.271. The number of hydrogen-bond acceptors (Lipinski definition) is 2. The van der Waals surface area contributed by atoms with Gasteiger partial charge in [0.2, 0.25) is 0 Å². The van der Waals surface area contributed by atoms with Crippen LogP contribution >= 0.6 is 0 Å². The van der Waals surface area contributed by atoms with Crippen LogP contribution in [0.25, 0.3) is 0 Å². The predicted molar refractivity (Wildman–Crippen MR) is 71.6 cm³/mol. The minimum absolute atomic E-state index is 0.581. The zero-order valence-corrected chi connectivity index (χ0v) is 10.9. The zero-order valence-electron chi connectivity index (χ0n) is 10.9. The molecule has 1 unspecified atom stereocenters. The van der Waals surface area contributed by atoms with Crippen LogP contribution in [0.4, 0.5) is 0 Å². The second-order valence-corrected chi connectivity index (χ2v) is 5.32. The average molecular weight is 233 g/mol. The molecule has 2 nitrogen and oxygen atoms in total. The Labute approximate surface area is 104 Å². The molecule has 0 spiro atoms. The average Bonchev–Trinajstić information content (AvgIpc) is 2.38. The van der Waals surface area contributed by atoms with E-state index in [2.05, 4.69) is 43.4 Å². The third-order valence-corrected chi connectivity index (χ3v) is 3.23. The van der Waals surface area contributed by atoms with Gasteiger partial charge < -0.3 is 10.1 Å². The van der Waals surface area contributed by atoms with Crippen LogP contribution in [0.2, 0.25) is 0 Å². The van der Waals surface area contributed by atoms with Crippen molar-refractivity contribution >= 4 is 0 Å². The molecule has 1 saturated heterocycles. The first kappa shape index (κ1) is 12.4. The number of piperidine rings is 1. The van der Waals surface area contributed by atoms with E-state index in [0.717, 1.165) is 18.9 Å². The van der Waals surface area contributed by atoms with E-state index in [4.69, 9.17) is 4.74 Å². The minimum atomic E-state index is 0.581. The van der Waals surface area contributed by atoms with Crippen LogP contribution < -0.4 is 10.1 Å². The summed E-state index contributed by atoms with van der Waals surface area (Å²) in [5.41, 5.74) is 1.44. The molecule has 0 aromatic heterocycles. The molecule has 2 rings (SSSR count). The van der Waals surface area contributed by atoms with Gasteiger partial charge in [-0.05, 0) is 48.9 Å². The molecule has 1 aromatic carbocycles. The number of benzene rings is 1. The Balaban J connectivity index is 1.92. The van der Waals surface area contributed by atoms with Crippen molar-refractivity contribution < 1.29 is 4.74 Å². The highest BCUT2D eigenvalue weighted by Crippen LogP contribution is 2.25. The summed E-state index contributed by atoms with van der Waals surface area (Å²) < 4.78 is 5.69.